The molecule has 0 aromatic heterocycles. The van der Waals surface area contributed by atoms with Crippen LogP contribution in [0.1, 0.15) is 25.8 Å². The number of fused-ring (bicyclic) bond motifs is 2. The Morgan fingerprint density at radius 3 is 2.63 bits per heavy atom. The Hall–Kier alpha value is -3.34. The molecule has 4 rings (SSSR count). The first-order valence-corrected chi connectivity index (χ1v) is 10.4. The number of hydrogen-bond donors (Lipinski definition) is 1. The van der Waals surface area contributed by atoms with Crippen LogP contribution in [0.3, 0.4) is 0 Å². The minimum atomic E-state index is -0.236. The summed E-state index contributed by atoms with van der Waals surface area (Å²) in [7, 11) is 0. The SMILES string of the molecule is CC(C)C(=O)N1CCCc2ccc(NC(=O)COc3ccc4ccccc4c3)cc21. The summed E-state index contributed by atoms with van der Waals surface area (Å²) in [6.07, 6.45) is 1.90. The number of amides is 2. The zero-order chi connectivity index (χ0) is 21.1. The van der Waals surface area contributed by atoms with Crippen LogP contribution in [0.25, 0.3) is 10.8 Å². The standard InChI is InChI=1S/C25H26N2O3/c1-17(2)25(29)27-13-5-8-19-9-11-21(15-23(19)27)26-24(28)16-30-22-12-10-18-6-3-4-7-20(18)14-22/h3-4,6-7,9-12,14-15,17H,5,8,13,16H2,1-2H3,(H,26,28). The van der Waals surface area contributed by atoms with E-state index >= 15 is 0 Å². The molecule has 30 heavy (non-hydrogen) atoms. The topological polar surface area (TPSA) is 58.6 Å². The lowest BCUT2D eigenvalue weighted by molar-refractivity contribution is -0.121. The summed E-state index contributed by atoms with van der Waals surface area (Å²) < 4.78 is 5.67. The molecule has 0 unspecified atom stereocenters. The average Bonchev–Trinajstić information content (AvgIpc) is 2.76. The number of nitrogens with one attached hydrogen (secondary N) is 1. The smallest absolute Gasteiger partial charge is 0.262 e. The first kappa shape index (κ1) is 20.0. The molecule has 2 amide bonds. The van der Waals surface area contributed by atoms with Crippen molar-refractivity contribution in [1.29, 1.82) is 0 Å². The summed E-state index contributed by atoms with van der Waals surface area (Å²) >= 11 is 0. The number of carbonyl (C=O) groups is 2. The largest absolute Gasteiger partial charge is 0.484 e. The normalized spacial score (nSPS) is 13.2. The van der Waals surface area contributed by atoms with Crippen LogP contribution in [0.2, 0.25) is 0 Å². The lowest BCUT2D eigenvalue weighted by Crippen LogP contribution is -2.38. The maximum atomic E-state index is 12.6. The third-order valence-electron chi connectivity index (χ3n) is 5.34. The van der Waals surface area contributed by atoms with Crippen molar-refractivity contribution in [3.63, 3.8) is 0 Å². The van der Waals surface area contributed by atoms with E-state index in [4.69, 9.17) is 4.74 Å². The van der Waals surface area contributed by atoms with Crippen molar-refractivity contribution in [2.45, 2.75) is 26.7 Å². The predicted octanol–water partition coefficient (Wildman–Crippen LogP) is 4.79. The maximum absolute atomic E-state index is 12.6. The van der Waals surface area contributed by atoms with Crippen LogP contribution in [0.5, 0.6) is 5.75 Å². The van der Waals surface area contributed by atoms with Gasteiger partial charge in [0.05, 0.1) is 0 Å². The van der Waals surface area contributed by atoms with Gasteiger partial charge in [-0.2, -0.15) is 0 Å². The van der Waals surface area contributed by atoms with Gasteiger partial charge in [-0.05, 0) is 53.4 Å². The summed E-state index contributed by atoms with van der Waals surface area (Å²) in [5.74, 6) is 0.465. The number of anilines is 2. The minimum absolute atomic E-state index is 0.0652. The molecule has 0 saturated heterocycles. The van der Waals surface area contributed by atoms with E-state index in [1.54, 1.807) is 0 Å². The van der Waals surface area contributed by atoms with Crippen LogP contribution in [0.4, 0.5) is 11.4 Å². The third kappa shape index (κ3) is 4.30. The predicted molar refractivity (Wildman–Crippen MR) is 120 cm³/mol. The highest BCUT2D eigenvalue weighted by Gasteiger charge is 2.24. The second-order valence-corrected chi connectivity index (χ2v) is 7.94. The molecule has 5 heteroatoms. The van der Waals surface area contributed by atoms with E-state index in [9.17, 15) is 9.59 Å². The van der Waals surface area contributed by atoms with E-state index in [-0.39, 0.29) is 24.3 Å². The van der Waals surface area contributed by atoms with Crippen LogP contribution in [-0.4, -0.2) is 25.0 Å². The van der Waals surface area contributed by atoms with Gasteiger partial charge in [-0.3, -0.25) is 9.59 Å². The first-order valence-electron chi connectivity index (χ1n) is 10.4. The maximum Gasteiger partial charge on any atom is 0.262 e. The van der Waals surface area contributed by atoms with Crippen LogP contribution >= 0.6 is 0 Å². The molecule has 1 heterocycles. The lowest BCUT2D eigenvalue weighted by Gasteiger charge is -2.31. The fourth-order valence-corrected chi connectivity index (χ4v) is 3.80. The number of hydrogen-bond acceptors (Lipinski definition) is 3. The van der Waals surface area contributed by atoms with Crippen molar-refractivity contribution < 1.29 is 14.3 Å². The second kappa shape index (κ2) is 8.57. The van der Waals surface area contributed by atoms with Crippen molar-refractivity contribution >= 4 is 34.0 Å². The van der Waals surface area contributed by atoms with E-state index in [0.29, 0.717) is 18.0 Å². The molecule has 3 aromatic rings. The Labute approximate surface area is 176 Å². The van der Waals surface area contributed by atoms with Crippen LogP contribution in [-0.2, 0) is 16.0 Å². The first-order chi connectivity index (χ1) is 14.5. The molecule has 0 atom stereocenters. The van der Waals surface area contributed by atoms with E-state index in [1.807, 2.05) is 79.4 Å². The zero-order valence-corrected chi connectivity index (χ0v) is 17.4. The molecule has 0 aliphatic carbocycles. The van der Waals surface area contributed by atoms with E-state index in [2.05, 4.69) is 5.32 Å². The van der Waals surface area contributed by atoms with E-state index < -0.39 is 0 Å². The summed E-state index contributed by atoms with van der Waals surface area (Å²) in [5, 5.41) is 5.08. The third-order valence-corrected chi connectivity index (χ3v) is 5.34. The van der Waals surface area contributed by atoms with Gasteiger partial charge in [-0.25, -0.2) is 0 Å². The lowest BCUT2D eigenvalue weighted by atomic mass is 9.99. The molecule has 0 spiro atoms. The van der Waals surface area contributed by atoms with Gasteiger partial charge in [0, 0.05) is 23.8 Å². The van der Waals surface area contributed by atoms with Gasteiger partial charge < -0.3 is 15.0 Å². The molecule has 3 aromatic carbocycles. The van der Waals surface area contributed by atoms with Crippen molar-refractivity contribution in [3.05, 3.63) is 66.2 Å². The molecule has 1 N–H and O–H groups in total. The van der Waals surface area contributed by atoms with Gasteiger partial charge in [0.2, 0.25) is 5.91 Å². The molecule has 0 saturated carbocycles. The van der Waals surface area contributed by atoms with Gasteiger partial charge >= 0.3 is 0 Å². The van der Waals surface area contributed by atoms with Crippen LogP contribution < -0.4 is 15.0 Å². The molecule has 1 aliphatic heterocycles. The Bertz CT molecular complexity index is 1090. The highest BCUT2D eigenvalue weighted by molar-refractivity contribution is 5.98. The van der Waals surface area contributed by atoms with Crippen LogP contribution in [0, 0.1) is 5.92 Å². The summed E-state index contributed by atoms with van der Waals surface area (Å²) in [6, 6.07) is 19.6. The number of aryl methyl sites for hydroxylation is 1. The van der Waals surface area contributed by atoms with Gasteiger partial charge in [0.25, 0.3) is 5.91 Å². The fourth-order valence-electron chi connectivity index (χ4n) is 3.80. The molecule has 0 bridgehead atoms. The van der Waals surface area contributed by atoms with Gasteiger partial charge in [-0.15, -0.1) is 0 Å². The van der Waals surface area contributed by atoms with Crippen molar-refractivity contribution in [2.75, 3.05) is 23.4 Å². The highest BCUT2D eigenvalue weighted by atomic mass is 16.5. The van der Waals surface area contributed by atoms with Gasteiger partial charge in [0.15, 0.2) is 6.61 Å². The summed E-state index contributed by atoms with van der Waals surface area (Å²) in [5.41, 5.74) is 2.71. The van der Waals surface area contributed by atoms with Crippen LogP contribution in [0.15, 0.2) is 60.7 Å². The molecule has 0 fully saturated rings. The second-order valence-electron chi connectivity index (χ2n) is 7.94. The quantitative estimate of drug-likeness (QED) is 0.667. The van der Waals surface area contributed by atoms with E-state index in [1.165, 1.54) is 0 Å². The molecule has 5 nitrogen and oxygen atoms in total. The number of rotatable bonds is 5. The molecule has 1 aliphatic rings. The summed E-state index contributed by atoms with van der Waals surface area (Å²) in [6.45, 7) is 4.45. The Kier molecular flexibility index (Phi) is 5.70. The number of nitrogens with zero attached hydrogens (tertiary/aromatic N) is 1. The van der Waals surface area contributed by atoms with Crippen molar-refractivity contribution in [2.24, 2.45) is 5.92 Å². The molecular formula is C25H26N2O3. The Morgan fingerprint density at radius 1 is 1.03 bits per heavy atom. The average molecular weight is 402 g/mol. The molecular weight excluding hydrogens is 376 g/mol. The van der Waals surface area contributed by atoms with Gasteiger partial charge in [-0.1, -0.05) is 50.2 Å². The minimum Gasteiger partial charge on any atom is -0.484 e. The van der Waals surface area contributed by atoms with Gasteiger partial charge in [0.1, 0.15) is 5.75 Å². The zero-order valence-electron chi connectivity index (χ0n) is 17.4. The van der Waals surface area contributed by atoms with E-state index in [0.717, 1.165) is 34.9 Å². The van der Waals surface area contributed by atoms with Crippen molar-refractivity contribution in [3.8, 4) is 5.75 Å². The molecule has 154 valence electrons. The number of benzene rings is 3. The fraction of sp³-hybridized carbons (Fsp3) is 0.280. The molecule has 0 radical (unpaired) electrons. The number of ether oxygens (including phenoxy) is 1. The highest BCUT2D eigenvalue weighted by Crippen LogP contribution is 2.31. The Morgan fingerprint density at radius 2 is 1.83 bits per heavy atom. The Balaban J connectivity index is 1.43. The monoisotopic (exact) mass is 402 g/mol. The summed E-state index contributed by atoms with van der Waals surface area (Å²) in [4.78, 5) is 26.8. The van der Waals surface area contributed by atoms with Crippen molar-refractivity contribution in [1.82, 2.24) is 0 Å². The number of carbonyl (C=O) groups excluding carboxylic acids is 2.